The van der Waals surface area contributed by atoms with Crippen LogP contribution in [0.4, 0.5) is 5.69 Å². The van der Waals surface area contributed by atoms with Gasteiger partial charge in [-0.1, -0.05) is 25.3 Å². The van der Waals surface area contributed by atoms with Crippen LogP contribution in [-0.4, -0.2) is 41.4 Å². The number of nitrogens with two attached hydrogens (primary N) is 1. The van der Waals surface area contributed by atoms with Crippen LogP contribution < -0.4 is 15.2 Å². The van der Waals surface area contributed by atoms with Gasteiger partial charge in [-0.2, -0.15) is 0 Å². The van der Waals surface area contributed by atoms with Crippen LogP contribution in [-0.2, 0) is 11.3 Å². The molecule has 2 aromatic carbocycles. The highest BCUT2D eigenvalue weighted by molar-refractivity contribution is 5.95. The summed E-state index contributed by atoms with van der Waals surface area (Å²) in [5.41, 5.74) is 6.86. The fourth-order valence-corrected chi connectivity index (χ4v) is 4.19. The first-order valence-corrected chi connectivity index (χ1v) is 10.9. The Morgan fingerprint density at radius 1 is 1.12 bits per heavy atom. The molecule has 9 heteroatoms. The van der Waals surface area contributed by atoms with Crippen LogP contribution >= 0.6 is 0 Å². The summed E-state index contributed by atoms with van der Waals surface area (Å²) in [6.07, 6.45) is 5.08. The van der Waals surface area contributed by atoms with Crippen molar-refractivity contribution in [3.63, 3.8) is 0 Å². The monoisotopic (exact) mass is 455 g/mol. The highest BCUT2D eigenvalue weighted by Gasteiger charge is 2.27. The minimum absolute atomic E-state index is 0.00736. The molecule has 0 saturated heterocycles. The van der Waals surface area contributed by atoms with Crippen molar-refractivity contribution in [1.29, 1.82) is 0 Å². The summed E-state index contributed by atoms with van der Waals surface area (Å²) in [5, 5.41) is 11.2. The Bertz CT molecular complexity index is 1030. The van der Waals surface area contributed by atoms with Gasteiger partial charge < -0.3 is 20.1 Å². The van der Waals surface area contributed by atoms with Crippen molar-refractivity contribution >= 4 is 17.5 Å². The van der Waals surface area contributed by atoms with Crippen LogP contribution in [0.3, 0.4) is 0 Å². The third-order valence-electron chi connectivity index (χ3n) is 5.87. The van der Waals surface area contributed by atoms with Crippen molar-refractivity contribution in [2.45, 2.75) is 51.6 Å². The van der Waals surface area contributed by atoms with Gasteiger partial charge in [0.25, 0.3) is 17.5 Å². The fraction of sp³-hybridized carbons (Fsp3) is 0.417. The summed E-state index contributed by atoms with van der Waals surface area (Å²) < 4.78 is 10.8. The molecule has 1 fully saturated rings. The molecule has 0 spiro atoms. The zero-order chi connectivity index (χ0) is 24.0. The molecule has 0 atom stereocenters. The van der Waals surface area contributed by atoms with Crippen LogP contribution in [0.15, 0.2) is 36.4 Å². The van der Waals surface area contributed by atoms with E-state index in [0.717, 1.165) is 37.7 Å². The van der Waals surface area contributed by atoms with E-state index in [9.17, 15) is 19.7 Å². The molecular formula is C24H29N3O6. The minimum Gasteiger partial charge on any atom is -0.493 e. The molecule has 1 aliphatic rings. The standard InChI is InChI=1S/C24H29N3O6/c1-16-12-18(9-10-20(16)27(30)31)24(29)26(19-6-4-3-5-7-19)14-17-8-11-21(22(13-17)32-2)33-15-23(25)28/h8-13,19H,3-7,14-15H2,1-2H3,(H2,25,28). The first kappa shape index (κ1) is 24.0. The van der Waals surface area contributed by atoms with E-state index in [1.165, 1.54) is 19.2 Å². The summed E-state index contributed by atoms with van der Waals surface area (Å²) in [4.78, 5) is 37.1. The number of primary amides is 1. The molecule has 1 aliphatic carbocycles. The molecule has 3 rings (SSSR count). The second kappa shape index (κ2) is 10.8. The van der Waals surface area contributed by atoms with Gasteiger partial charge >= 0.3 is 0 Å². The Kier molecular flexibility index (Phi) is 7.87. The van der Waals surface area contributed by atoms with E-state index in [1.807, 2.05) is 11.0 Å². The molecular weight excluding hydrogens is 426 g/mol. The molecule has 0 aliphatic heterocycles. The predicted molar refractivity (Wildman–Crippen MR) is 122 cm³/mol. The normalized spacial score (nSPS) is 13.9. The number of hydrogen-bond acceptors (Lipinski definition) is 6. The number of carbonyl (C=O) groups is 2. The summed E-state index contributed by atoms with van der Waals surface area (Å²) in [6.45, 7) is 1.73. The van der Waals surface area contributed by atoms with Gasteiger partial charge in [-0.25, -0.2) is 0 Å². The molecule has 9 nitrogen and oxygen atoms in total. The first-order valence-electron chi connectivity index (χ1n) is 10.9. The Hall–Kier alpha value is -3.62. The molecule has 33 heavy (non-hydrogen) atoms. The van der Waals surface area contributed by atoms with Gasteiger partial charge in [0, 0.05) is 29.8 Å². The fourth-order valence-electron chi connectivity index (χ4n) is 4.19. The molecule has 2 amide bonds. The highest BCUT2D eigenvalue weighted by atomic mass is 16.6. The number of benzene rings is 2. The topological polar surface area (TPSA) is 125 Å². The lowest BCUT2D eigenvalue weighted by atomic mass is 9.93. The lowest BCUT2D eigenvalue weighted by Gasteiger charge is -2.35. The molecule has 0 bridgehead atoms. The number of carbonyl (C=O) groups excluding carboxylic acids is 2. The zero-order valence-corrected chi connectivity index (χ0v) is 18.9. The van der Waals surface area contributed by atoms with Gasteiger partial charge in [-0.15, -0.1) is 0 Å². The van der Waals surface area contributed by atoms with E-state index in [1.54, 1.807) is 25.1 Å². The van der Waals surface area contributed by atoms with Crippen LogP contribution in [0.5, 0.6) is 11.5 Å². The van der Waals surface area contributed by atoms with E-state index in [0.29, 0.717) is 29.2 Å². The van der Waals surface area contributed by atoms with E-state index in [-0.39, 0.29) is 24.2 Å². The summed E-state index contributed by atoms with van der Waals surface area (Å²) in [5.74, 6) is 0.0825. The summed E-state index contributed by atoms with van der Waals surface area (Å²) in [6, 6.07) is 9.86. The average molecular weight is 456 g/mol. The van der Waals surface area contributed by atoms with Gasteiger partial charge in [-0.05, 0) is 49.6 Å². The summed E-state index contributed by atoms with van der Waals surface area (Å²) in [7, 11) is 1.50. The minimum atomic E-state index is -0.589. The predicted octanol–water partition coefficient (Wildman–Crippen LogP) is 3.75. The number of hydrogen-bond donors (Lipinski definition) is 1. The van der Waals surface area contributed by atoms with E-state index in [2.05, 4.69) is 0 Å². The lowest BCUT2D eigenvalue weighted by Crippen LogP contribution is -2.41. The maximum Gasteiger partial charge on any atom is 0.272 e. The molecule has 0 heterocycles. The molecule has 0 unspecified atom stereocenters. The Morgan fingerprint density at radius 2 is 1.85 bits per heavy atom. The van der Waals surface area contributed by atoms with E-state index >= 15 is 0 Å². The molecule has 2 aromatic rings. The molecule has 1 saturated carbocycles. The van der Waals surface area contributed by atoms with Gasteiger partial charge in [0.2, 0.25) is 0 Å². The number of amides is 2. The quantitative estimate of drug-likeness (QED) is 0.453. The maximum absolute atomic E-state index is 13.5. The third-order valence-corrected chi connectivity index (χ3v) is 5.87. The van der Waals surface area contributed by atoms with Crippen molar-refractivity contribution in [2.75, 3.05) is 13.7 Å². The number of aryl methyl sites for hydroxylation is 1. The van der Waals surface area contributed by atoms with Crippen molar-refractivity contribution < 1.29 is 24.0 Å². The Morgan fingerprint density at radius 3 is 2.45 bits per heavy atom. The van der Waals surface area contributed by atoms with Crippen LogP contribution in [0.1, 0.15) is 53.6 Å². The van der Waals surface area contributed by atoms with Gasteiger partial charge in [0.15, 0.2) is 18.1 Å². The number of methoxy groups -OCH3 is 1. The summed E-state index contributed by atoms with van der Waals surface area (Å²) >= 11 is 0. The van der Waals surface area contributed by atoms with E-state index < -0.39 is 10.8 Å². The van der Waals surface area contributed by atoms with Gasteiger partial charge in [0.1, 0.15) is 0 Å². The van der Waals surface area contributed by atoms with Crippen molar-refractivity contribution in [3.8, 4) is 11.5 Å². The van der Waals surface area contributed by atoms with Gasteiger partial charge in [0.05, 0.1) is 12.0 Å². The maximum atomic E-state index is 13.5. The number of nitro benzene ring substituents is 1. The van der Waals surface area contributed by atoms with Crippen LogP contribution in [0, 0.1) is 17.0 Å². The van der Waals surface area contributed by atoms with Crippen molar-refractivity contribution in [1.82, 2.24) is 4.90 Å². The Balaban J connectivity index is 1.88. The van der Waals surface area contributed by atoms with Crippen LogP contribution in [0.25, 0.3) is 0 Å². The van der Waals surface area contributed by atoms with Crippen molar-refractivity contribution in [2.24, 2.45) is 5.73 Å². The van der Waals surface area contributed by atoms with Crippen LogP contribution in [0.2, 0.25) is 0 Å². The number of rotatable bonds is 9. The number of nitrogens with zero attached hydrogens (tertiary/aromatic N) is 2. The molecule has 0 radical (unpaired) electrons. The second-order valence-electron chi connectivity index (χ2n) is 8.22. The smallest absolute Gasteiger partial charge is 0.272 e. The third kappa shape index (κ3) is 6.00. The average Bonchev–Trinajstić information content (AvgIpc) is 2.81. The Labute approximate surface area is 192 Å². The largest absolute Gasteiger partial charge is 0.493 e. The zero-order valence-electron chi connectivity index (χ0n) is 18.9. The number of nitro groups is 1. The SMILES string of the molecule is COc1cc(CN(C(=O)c2ccc([N+](=O)[O-])c(C)c2)C2CCCCC2)ccc1OCC(N)=O. The molecule has 176 valence electrons. The number of ether oxygens (including phenoxy) is 2. The molecule has 2 N–H and O–H groups in total. The van der Waals surface area contributed by atoms with E-state index in [4.69, 9.17) is 15.2 Å². The second-order valence-corrected chi connectivity index (χ2v) is 8.22. The van der Waals surface area contributed by atoms with Crippen molar-refractivity contribution in [3.05, 3.63) is 63.2 Å². The van der Waals surface area contributed by atoms with Gasteiger partial charge in [-0.3, -0.25) is 19.7 Å². The lowest BCUT2D eigenvalue weighted by molar-refractivity contribution is -0.385. The first-order chi connectivity index (χ1) is 15.8. The molecule has 0 aromatic heterocycles. The highest BCUT2D eigenvalue weighted by Crippen LogP contribution is 2.31.